The van der Waals surface area contributed by atoms with Crippen LogP contribution in [0.1, 0.15) is 23.7 Å². The highest BCUT2D eigenvalue weighted by Gasteiger charge is 2.19. The Labute approximate surface area is 140 Å². The van der Waals surface area contributed by atoms with E-state index < -0.39 is 12.1 Å². The van der Waals surface area contributed by atoms with Gasteiger partial charge in [0.25, 0.3) is 5.91 Å². The minimum Gasteiger partial charge on any atom is -0.497 e. The monoisotopic (exact) mass is 329 g/mol. The second kappa shape index (κ2) is 8.01. The lowest BCUT2D eigenvalue weighted by molar-refractivity contribution is -0.122. The quantitative estimate of drug-likeness (QED) is 0.815. The van der Waals surface area contributed by atoms with Crippen molar-refractivity contribution in [1.29, 1.82) is 0 Å². The van der Waals surface area contributed by atoms with Crippen LogP contribution in [0.15, 0.2) is 48.5 Å². The molecule has 0 fully saturated rings. The molecule has 0 aromatic heterocycles. The molecule has 0 aliphatic rings. The number of methoxy groups -OCH3 is 1. The number of nitrogens with one attached hydrogen (secondary N) is 1. The van der Waals surface area contributed by atoms with Crippen LogP contribution < -0.4 is 14.8 Å². The third-order valence-electron chi connectivity index (χ3n) is 3.38. The number of hydrogen-bond donors (Lipinski definition) is 2. The molecular weight excluding hydrogens is 310 g/mol. The van der Waals surface area contributed by atoms with E-state index in [1.54, 1.807) is 43.5 Å². The van der Waals surface area contributed by atoms with Gasteiger partial charge in [-0.25, -0.2) is 4.79 Å². The van der Waals surface area contributed by atoms with Gasteiger partial charge in [-0.3, -0.25) is 4.79 Å². The lowest BCUT2D eigenvalue weighted by Crippen LogP contribution is -2.32. The van der Waals surface area contributed by atoms with E-state index in [-0.39, 0.29) is 11.5 Å². The zero-order valence-corrected chi connectivity index (χ0v) is 13.5. The Morgan fingerprint density at radius 2 is 1.79 bits per heavy atom. The molecule has 6 nitrogen and oxygen atoms in total. The van der Waals surface area contributed by atoms with E-state index >= 15 is 0 Å². The molecule has 0 spiro atoms. The van der Waals surface area contributed by atoms with Gasteiger partial charge in [-0.2, -0.15) is 0 Å². The van der Waals surface area contributed by atoms with E-state index in [4.69, 9.17) is 14.6 Å². The van der Waals surface area contributed by atoms with Crippen molar-refractivity contribution in [3.05, 3.63) is 54.1 Å². The van der Waals surface area contributed by atoms with E-state index in [1.807, 2.05) is 6.92 Å². The fraction of sp³-hybridized carbons (Fsp3) is 0.222. The zero-order chi connectivity index (χ0) is 17.5. The molecular formula is C18H19NO5. The van der Waals surface area contributed by atoms with Gasteiger partial charge < -0.3 is 19.9 Å². The summed E-state index contributed by atoms with van der Waals surface area (Å²) in [5.41, 5.74) is 0.672. The van der Waals surface area contributed by atoms with E-state index in [0.717, 1.165) is 0 Å². The van der Waals surface area contributed by atoms with Gasteiger partial charge in [0.1, 0.15) is 11.5 Å². The standard InChI is InChI=1S/C18H19NO5/c1-3-16(24-15-6-4-5-14(11-15)23-2)17(20)19-13-9-7-12(8-10-13)18(21)22/h4-11,16H,3H2,1-2H3,(H,19,20)(H,21,22)/t16-/m1/s1. The summed E-state index contributed by atoms with van der Waals surface area (Å²) in [5, 5.41) is 11.6. The summed E-state index contributed by atoms with van der Waals surface area (Å²) < 4.78 is 10.8. The van der Waals surface area contributed by atoms with Crippen LogP contribution >= 0.6 is 0 Å². The van der Waals surface area contributed by atoms with E-state index in [2.05, 4.69) is 5.32 Å². The molecule has 2 aromatic rings. The van der Waals surface area contributed by atoms with Crippen LogP contribution in [0.5, 0.6) is 11.5 Å². The molecule has 24 heavy (non-hydrogen) atoms. The molecule has 6 heteroatoms. The zero-order valence-electron chi connectivity index (χ0n) is 13.5. The number of anilines is 1. The van der Waals surface area contributed by atoms with Crippen molar-refractivity contribution in [2.75, 3.05) is 12.4 Å². The lowest BCUT2D eigenvalue weighted by atomic mass is 10.2. The smallest absolute Gasteiger partial charge is 0.335 e. The maximum absolute atomic E-state index is 12.3. The molecule has 0 aliphatic carbocycles. The van der Waals surface area contributed by atoms with Gasteiger partial charge in [0.05, 0.1) is 12.7 Å². The van der Waals surface area contributed by atoms with Gasteiger partial charge in [-0.05, 0) is 42.8 Å². The molecule has 0 saturated heterocycles. The highest BCUT2D eigenvalue weighted by molar-refractivity contribution is 5.95. The van der Waals surface area contributed by atoms with Crippen molar-refractivity contribution in [2.24, 2.45) is 0 Å². The summed E-state index contributed by atoms with van der Waals surface area (Å²) >= 11 is 0. The summed E-state index contributed by atoms with van der Waals surface area (Å²) in [6.07, 6.45) is -0.188. The average molecular weight is 329 g/mol. The van der Waals surface area contributed by atoms with E-state index in [1.165, 1.54) is 12.1 Å². The number of carboxylic acids is 1. The van der Waals surface area contributed by atoms with Crippen molar-refractivity contribution in [2.45, 2.75) is 19.4 Å². The van der Waals surface area contributed by atoms with Gasteiger partial charge in [0.15, 0.2) is 6.10 Å². The van der Waals surface area contributed by atoms with Crippen LogP contribution in [0.25, 0.3) is 0 Å². The van der Waals surface area contributed by atoms with Crippen molar-refractivity contribution in [3.8, 4) is 11.5 Å². The Bertz CT molecular complexity index is 712. The number of benzene rings is 2. The van der Waals surface area contributed by atoms with Crippen LogP contribution in [0.4, 0.5) is 5.69 Å². The molecule has 2 aromatic carbocycles. The number of amides is 1. The van der Waals surface area contributed by atoms with Crippen molar-refractivity contribution >= 4 is 17.6 Å². The topological polar surface area (TPSA) is 84.9 Å². The average Bonchev–Trinajstić information content (AvgIpc) is 2.60. The number of ether oxygens (including phenoxy) is 2. The second-order valence-corrected chi connectivity index (χ2v) is 5.07. The van der Waals surface area contributed by atoms with Crippen LogP contribution in [0.3, 0.4) is 0 Å². The number of rotatable bonds is 7. The van der Waals surface area contributed by atoms with Gasteiger partial charge >= 0.3 is 5.97 Å². The maximum Gasteiger partial charge on any atom is 0.335 e. The Kier molecular flexibility index (Phi) is 5.78. The summed E-state index contributed by atoms with van der Waals surface area (Å²) in [6, 6.07) is 13.0. The van der Waals surface area contributed by atoms with Gasteiger partial charge in [-0.15, -0.1) is 0 Å². The third-order valence-corrected chi connectivity index (χ3v) is 3.38. The second-order valence-electron chi connectivity index (χ2n) is 5.07. The van der Waals surface area contributed by atoms with E-state index in [9.17, 15) is 9.59 Å². The molecule has 1 atom stereocenters. The number of carbonyl (C=O) groups excluding carboxylic acids is 1. The van der Waals surface area contributed by atoms with Crippen LogP contribution in [-0.4, -0.2) is 30.2 Å². The summed E-state index contributed by atoms with van der Waals surface area (Å²) in [4.78, 5) is 23.2. The molecule has 126 valence electrons. The Morgan fingerprint density at radius 1 is 1.12 bits per heavy atom. The van der Waals surface area contributed by atoms with E-state index in [0.29, 0.717) is 23.6 Å². The van der Waals surface area contributed by atoms with Gasteiger partial charge in [0.2, 0.25) is 0 Å². The number of aromatic carboxylic acids is 1. The third kappa shape index (κ3) is 4.49. The van der Waals surface area contributed by atoms with Crippen LogP contribution in [0, 0.1) is 0 Å². The molecule has 0 saturated carbocycles. The molecule has 2 rings (SSSR count). The van der Waals surface area contributed by atoms with Crippen molar-refractivity contribution in [3.63, 3.8) is 0 Å². The molecule has 1 amide bonds. The summed E-state index contributed by atoms with van der Waals surface area (Å²) in [6.45, 7) is 1.85. The predicted molar refractivity (Wildman–Crippen MR) is 89.7 cm³/mol. The van der Waals surface area contributed by atoms with Crippen molar-refractivity contribution in [1.82, 2.24) is 0 Å². The highest BCUT2D eigenvalue weighted by atomic mass is 16.5. The Balaban J connectivity index is 2.03. The maximum atomic E-state index is 12.3. The van der Waals surface area contributed by atoms with Crippen LogP contribution in [0.2, 0.25) is 0 Å². The molecule has 0 aliphatic heterocycles. The lowest BCUT2D eigenvalue weighted by Gasteiger charge is -2.17. The van der Waals surface area contributed by atoms with Gasteiger partial charge in [0, 0.05) is 11.8 Å². The summed E-state index contributed by atoms with van der Waals surface area (Å²) in [7, 11) is 1.56. The van der Waals surface area contributed by atoms with Crippen LogP contribution in [-0.2, 0) is 4.79 Å². The van der Waals surface area contributed by atoms with Crippen molar-refractivity contribution < 1.29 is 24.2 Å². The normalized spacial score (nSPS) is 11.4. The SMILES string of the molecule is CC[C@@H](Oc1cccc(OC)c1)C(=O)Nc1ccc(C(=O)O)cc1. The van der Waals surface area contributed by atoms with Gasteiger partial charge in [-0.1, -0.05) is 13.0 Å². The first-order valence-electron chi connectivity index (χ1n) is 7.48. The molecule has 0 heterocycles. The fourth-order valence-electron chi connectivity index (χ4n) is 2.08. The number of carbonyl (C=O) groups is 2. The minimum absolute atomic E-state index is 0.160. The number of carboxylic acid groups (broad SMARTS) is 1. The molecule has 2 N–H and O–H groups in total. The molecule has 0 unspecified atom stereocenters. The predicted octanol–water partition coefficient (Wildman–Crippen LogP) is 3.19. The first-order chi connectivity index (χ1) is 11.5. The fourth-order valence-corrected chi connectivity index (χ4v) is 2.08. The minimum atomic E-state index is -1.01. The summed E-state index contributed by atoms with van der Waals surface area (Å²) in [5.74, 6) is -0.131. The first kappa shape index (κ1) is 17.3. The largest absolute Gasteiger partial charge is 0.497 e. The Hall–Kier alpha value is -3.02. The highest BCUT2D eigenvalue weighted by Crippen LogP contribution is 2.21. The number of hydrogen-bond acceptors (Lipinski definition) is 4. The first-order valence-corrected chi connectivity index (χ1v) is 7.48. The molecule has 0 radical (unpaired) electrons. The molecule has 0 bridgehead atoms. The Morgan fingerprint density at radius 3 is 2.38 bits per heavy atom.